The first-order chi connectivity index (χ1) is 12.0. The zero-order chi connectivity index (χ0) is 17.7. The molecule has 1 saturated heterocycles. The largest absolute Gasteiger partial charge is 0.342 e. The monoisotopic (exact) mass is 340 g/mol. The summed E-state index contributed by atoms with van der Waals surface area (Å²) in [6.07, 6.45) is 7.03. The number of hydrogen-bond acceptors (Lipinski definition) is 3. The molecular weight excluding hydrogens is 312 g/mol. The molecule has 2 aromatic rings. The highest BCUT2D eigenvalue weighted by Crippen LogP contribution is 2.29. The number of carbonyl (C=O) groups is 1. The van der Waals surface area contributed by atoms with Crippen molar-refractivity contribution < 1.29 is 4.79 Å². The highest BCUT2D eigenvalue weighted by atomic mass is 16.2. The van der Waals surface area contributed by atoms with E-state index in [1.807, 2.05) is 15.6 Å². The van der Waals surface area contributed by atoms with Gasteiger partial charge in [0.1, 0.15) is 12.7 Å². The number of nitrogens with zero attached hydrogens (tertiary/aromatic N) is 4. The maximum Gasteiger partial charge on any atom is 0.222 e. The summed E-state index contributed by atoms with van der Waals surface area (Å²) in [5.74, 6) is 0.758. The average Bonchev–Trinajstić information content (AvgIpc) is 3.14. The molecule has 25 heavy (non-hydrogen) atoms. The molecule has 1 aromatic heterocycles. The third-order valence-corrected chi connectivity index (χ3v) is 5.30. The summed E-state index contributed by atoms with van der Waals surface area (Å²) in [7, 11) is 0. The zero-order valence-electron chi connectivity index (χ0n) is 15.3. The second-order valence-electron chi connectivity index (χ2n) is 7.72. The van der Waals surface area contributed by atoms with Gasteiger partial charge >= 0.3 is 0 Å². The maximum atomic E-state index is 12.7. The summed E-state index contributed by atoms with van der Waals surface area (Å²) in [5.41, 5.74) is 1.32. The quantitative estimate of drug-likeness (QED) is 0.811. The van der Waals surface area contributed by atoms with Crippen LogP contribution in [-0.4, -0.2) is 38.7 Å². The molecule has 2 heterocycles. The number of likely N-dealkylation sites (tertiary alicyclic amines) is 1. The number of benzene rings is 1. The van der Waals surface area contributed by atoms with E-state index >= 15 is 0 Å². The van der Waals surface area contributed by atoms with Gasteiger partial charge in [-0.3, -0.25) is 9.48 Å². The van der Waals surface area contributed by atoms with Crippen LogP contribution in [0.4, 0.5) is 0 Å². The van der Waals surface area contributed by atoms with Crippen LogP contribution in [0.2, 0.25) is 0 Å². The van der Waals surface area contributed by atoms with Crippen LogP contribution in [-0.2, 0) is 16.8 Å². The summed E-state index contributed by atoms with van der Waals surface area (Å²) in [6.45, 7) is 7.01. The molecule has 0 N–H and O–H groups in total. The summed E-state index contributed by atoms with van der Waals surface area (Å²) >= 11 is 0. The maximum absolute atomic E-state index is 12.7. The number of amides is 1. The number of hydrogen-bond donors (Lipinski definition) is 0. The molecule has 0 spiro atoms. The normalized spacial score (nSPS) is 18.3. The lowest BCUT2D eigenvalue weighted by atomic mass is 9.80. The van der Waals surface area contributed by atoms with E-state index in [1.54, 1.807) is 12.7 Å². The van der Waals surface area contributed by atoms with E-state index in [-0.39, 0.29) is 11.3 Å². The van der Waals surface area contributed by atoms with Crippen molar-refractivity contribution in [3.63, 3.8) is 0 Å². The molecule has 1 aliphatic heterocycles. The molecule has 1 fully saturated rings. The molecule has 134 valence electrons. The fourth-order valence-electron chi connectivity index (χ4n) is 3.64. The van der Waals surface area contributed by atoms with E-state index < -0.39 is 0 Å². The standard InChI is InChI=1S/C20H28N4O/c1-20(2,18-8-4-3-5-9-18)11-10-19(25)23-12-6-7-17(13-23)14-24-16-21-15-22-24/h3-5,8-9,15-17H,6-7,10-14H2,1-2H3/t17-/m0/s1. The summed E-state index contributed by atoms with van der Waals surface area (Å²) in [4.78, 5) is 18.8. The Morgan fingerprint density at radius 2 is 2.08 bits per heavy atom. The van der Waals surface area contributed by atoms with Crippen LogP contribution in [0.1, 0.15) is 45.1 Å². The minimum absolute atomic E-state index is 0.0207. The molecule has 1 atom stereocenters. The van der Waals surface area contributed by atoms with Gasteiger partial charge in [0.05, 0.1) is 0 Å². The average molecular weight is 340 g/mol. The van der Waals surface area contributed by atoms with Gasteiger partial charge < -0.3 is 4.90 Å². The van der Waals surface area contributed by atoms with Crippen molar-refractivity contribution in [2.75, 3.05) is 13.1 Å². The first-order valence-corrected chi connectivity index (χ1v) is 9.20. The van der Waals surface area contributed by atoms with Gasteiger partial charge in [-0.15, -0.1) is 0 Å². The Hall–Kier alpha value is -2.17. The summed E-state index contributed by atoms with van der Waals surface area (Å²) < 4.78 is 1.87. The number of aromatic nitrogens is 3. The lowest BCUT2D eigenvalue weighted by Crippen LogP contribution is -2.41. The van der Waals surface area contributed by atoms with Crippen LogP contribution in [0.5, 0.6) is 0 Å². The Labute approximate surface area is 150 Å². The second kappa shape index (κ2) is 7.81. The molecule has 0 radical (unpaired) electrons. The van der Waals surface area contributed by atoms with Crippen LogP contribution in [0.15, 0.2) is 43.0 Å². The smallest absolute Gasteiger partial charge is 0.222 e. The fourth-order valence-corrected chi connectivity index (χ4v) is 3.64. The molecule has 1 aromatic carbocycles. The van der Waals surface area contributed by atoms with Gasteiger partial charge in [0.2, 0.25) is 5.91 Å². The Bertz CT molecular complexity index is 666. The van der Waals surface area contributed by atoms with Crippen molar-refractivity contribution >= 4 is 5.91 Å². The van der Waals surface area contributed by atoms with Crippen LogP contribution in [0.3, 0.4) is 0 Å². The number of piperidine rings is 1. The lowest BCUT2D eigenvalue weighted by Gasteiger charge is -2.34. The highest BCUT2D eigenvalue weighted by Gasteiger charge is 2.27. The van der Waals surface area contributed by atoms with Gasteiger partial charge in [-0.05, 0) is 36.2 Å². The first kappa shape index (κ1) is 17.6. The van der Waals surface area contributed by atoms with E-state index in [2.05, 4.69) is 48.2 Å². The van der Waals surface area contributed by atoms with E-state index in [4.69, 9.17) is 0 Å². The van der Waals surface area contributed by atoms with E-state index in [0.29, 0.717) is 12.3 Å². The third-order valence-electron chi connectivity index (χ3n) is 5.30. The molecule has 0 saturated carbocycles. The number of carbonyl (C=O) groups excluding carboxylic acids is 1. The van der Waals surface area contributed by atoms with Crippen molar-refractivity contribution in [3.05, 3.63) is 48.5 Å². The zero-order valence-corrected chi connectivity index (χ0v) is 15.3. The SMILES string of the molecule is CC(C)(CCC(=O)N1CCC[C@H](Cn2cncn2)C1)c1ccccc1. The van der Waals surface area contributed by atoms with E-state index in [0.717, 1.165) is 38.9 Å². The van der Waals surface area contributed by atoms with Crippen molar-refractivity contribution in [2.45, 2.75) is 51.5 Å². The van der Waals surface area contributed by atoms with Gasteiger partial charge in [0.15, 0.2) is 0 Å². The van der Waals surface area contributed by atoms with Crippen molar-refractivity contribution in [3.8, 4) is 0 Å². The Morgan fingerprint density at radius 1 is 1.28 bits per heavy atom. The minimum Gasteiger partial charge on any atom is -0.342 e. The van der Waals surface area contributed by atoms with Crippen LogP contribution in [0, 0.1) is 5.92 Å². The van der Waals surface area contributed by atoms with Gasteiger partial charge in [-0.25, -0.2) is 4.98 Å². The molecule has 0 bridgehead atoms. The molecule has 3 rings (SSSR count). The second-order valence-corrected chi connectivity index (χ2v) is 7.72. The van der Waals surface area contributed by atoms with Gasteiger partial charge in [-0.1, -0.05) is 44.2 Å². The van der Waals surface area contributed by atoms with Gasteiger partial charge in [0, 0.05) is 26.1 Å². The van der Waals surface area contributed by atoms with Crippen molar-refractivity contribution in [2.24, 2.45) is 5.92 Å². The van der Waals surface area contributed by atoms with Crippen molar-refractivity contribution in [1.29, 1.82) is 0 Å². The lowest BCUT2D eigenvalue weighted by molar-refractivity contribution is -0.133. The number of rotatable bonds is 6. The summed E-state index contributed by atoms with van der Waals surface area (Å²) in [6, 6.07) is 10.5. The first-order valence-electron chi connectivity index (χ1n) is 9.20. The summed E-state index contributed by atoms with van der Waals surface area (Å²) in [5, 5.41) is 4.18. The predicted octanol–water partition coefficient (Wildman–Crippen LogP) is 3.27. The Morgan fingerprint density at radius 3 is 2.80 bits per heavy atom. The van der Waals surface area contributed by atoms with Crippen LogP contribution >= 0.6 is 0 Å². The van der Waals surface area contributed by atoms with Crippen LogP contribution < -0.4 is 0 Å². The third kappa shape index (κ3) is 4.68. The van der Waals surface area contributed by atoms with E-state index in [1.165, 1.54) is 5.56 Å². The molecule has 0 aliphatic carbocycles. The Balaban J connectivity index is 1.52. The molecule has 5 nitrogen and oxygen atoms in total. The minimum atomic E-state index is 0.0207. The highest BCUT2D eigenvalue weighted by molar-refractivity contribution is 5.76. The Kier molecular flexibility index (Phi) is 5.51. The fraction of sp³-hybridized carbons (Fsp3) is 0.550. The molecule has 1 aliphatic rings. The van der Waals surface area contributed by atoms with Gasteiger partial charge in [0.25, 0.3) is 0 Å². The molecule has 5 heteroatoms. The predicted molar refractivity (Wildman–Crippen MR) is 98.0 cm³/mol. The molecule has 0 unspecified atom stereocenters. The van der Waals surface area contributed by atoms with Gasteiger partial charge in [-0.2, -0.15) is 5.10 Å². The van der Waals surface area contributed by atoms with Crippen molar-refractivity contribution in [1.82, 2.24) is 19.7 Å². The topological polar surface area (TPSA) is 51.0 Å². The van der Waals surface area contributed by atoms with E-state index in [9.17, 15) is 4.79 Å². The van der Waals surface area contributed by atoms with Crippen LogP contribution in [0.25, 0.3) is 0 Å². The molecular formula is C20H28N4O. The molecule has 1 amide bonds.